The van der Waals surface area contributed by atoms with Crippen LogP contribution in [0, 0.1) is 0 Å². The van der Waals surface area contributed by atoms with E-state index in [1.165, 1.54) is 10.6 Å². The molecule has 0 unspecified atom stereocenters. The Kier molecular flexibility index (Phi) is 4.90. The van der Waals surface area contributed by atoms with Crippen molar-refractivity contribution < 1.29 is 14.3 Å². The third-order valence-electron chi connectivity index (χ3n) is 4.22. The zero-order valence-corrected chi connectivity index (χ0v) is 14.6. The summed E-state index contributed by atoms with van der Waals surface area (Å²) in [5, 5.41) is 0. The standard InChI is InChI=1S/C19H22N2O4/c1-13-10-20(11-14(2)25-13)19(23)15-4-9-18(22)21(12-15)16-5-7-17(24-3)8-6-16/h4-9,12-14H,10-11H2,1-3H3/t13-,14-/m0/s1. The van der Waals surface area contributed by atoms with Crippen molar-refractivity contribution in [3.8, 4) is 11.4 Å². The maximum absolute atomic E-state index is 12.8. The Morgan fingerprint density at radius 2 is 1.72 bits per heavy atom. The molecule has 1 aliphatic rings. The van der Waals surface area contributed by atoms with Crippen molar-refractivity contribution in [1.29, 1.82) is 0 Å². The Labute approximate surface area is 146 Å². The van der Waals surface area contributed by atoms with Crippen LogP contribution in [0.15, 0.2) is 47.4 Å². The van der Waals surface area contributed by atoms with Gasteiger partial charge in [0.05, 0.1) is 24.9 Å². The maximum Gasteiger partial charge on any atom is 0.255 e. The average molecular weight is 342 g/mol. The van der Waals surface area contributed by atoms with E-state index >= 15 is 0 Å². The molecule has 2 atom stereocenters. The lowest BCUT2D eigenvalue weighted by Gasteiger charge is -2.35. The Hall–Kier alpha value is -2.60. The number of hydrogen-bond donors (Lipinski definition) is 0. The summed E-state index contributed by atoms with van der Waals surface area (Å²) in [6.45, 7) is 5.00. The van der Waals surface area contributed by atoms with Gasteiger partial charge in [0.25, 0.3) is 11.5 Å². The summed E-state index contributed by atoms with van der Waals surface area (Å²) >= 11 is 0. The summed E-state index contributed by atoms with van der Waals surface area (Å²) in [5.74, 6) is 0.615. The zero-order valence-electron chi connectivity index (χ0n) is 14.6. The highest BCUT2D eigenvalue weighted by molar-refractivity contribution is 5.94. The molecule has 2 heterocycles. The summed E-state index contributed by atoms with van der Waals surface area (Å²) in [5.41, 5.74) is 0.978. The van der Waals surface area contributed by atoms with Crippen molar-refractivity contribution in [3.05, 3.63) is 58.5 Å². The lowest BCUT2D eigenvalue weighted by Crippen LogP contribution is -2.48. The monoisotopic (exact) mass is 342 g/mol. The lowest BCUT2D eigenvalue weighted by molar-refractivity contribution is -0.0586. The number of amides is 1. The molecule has 0 aliphatic carbocycles. The van der Waals surface area contributed by atoms with Crippen LogP contribution < -0.4 is 10.3 Å². The number of morpholine rings is 1. The second-order valence-corrected chi connectivity index (χ2v) is 6.29. The number of carbonyl (C=O) groups excluding carboxylic acids is 1. The van der Waals surface area contributed by atoms with Gasteiger partial charge in [-0.05, 0) is 44.2 Å². The molecule has 0 spiro atoms. The molecule has 1 aromatic carbocycles. The topological polar surface area (TPSA) is 60.8 Å². The van der Waals surface area contributed by atoms with E-state index in [0.717, 1.165) is 0 Å². The molecule has 6 nitrogen and oxygen atoms in total. The van der Waals surface area contributed by atoms with E-state index in [-0.39, 0.29) is 23.7 Å². The van der Waals surface area contributed by atoms with Gasteiger partial charge in [-0.25, -0.2) is 0 Å². The van der Waals surface area contributed by atoms with Crippen LogP contribution in [0.3, 0.4) is 0 Å². The Bertz CT molecular complexity index is 803. The fourth-order valence-electron chi connectivity index (χ4n) is 3.08. The predicted molar refractivity (Wildman–Crippen MR) is 94.5 cm³/mol. The molecule has 1 aliphatic heterocycles. The molecule has 1 aromatic heterocycles. The average Bonchev–Trinajstić information content (AvgIpc) is 2.61. The molecular weight excluding hydrogens is 320 g/mol. The quantitative estimate of drug-likeness (QED) is 0.857. The minimum absolute atomic E-state index is 0.000179. The number of aromatic nitrogens is 1. The van der Waals surface area contributed by atoms with Gasteiger partial charge in [-0.15, -0.1) is 0 Å². The number of pyridine rings is 1. The van der Waals surface area contributed by atoms with Gasteiger partial charge in [0.1, 0.15) is 5.75 Å². The van der Waals surface area contributed by atoms with Gasteiger partial charge in [-0.3, -0.25) is 14.2 Å². The fourth-order valence-corrected chi connectivity index (χ4v) is 3.08. The first-order chi connectivity index (χ1) is 12.0. The summed E-state index contributed by atoms with van der Waals surface area (Å²) in [6.07, 6.45) is 1.59. The minimum atomic E-state index is -0.189. The minimum Gasteiger partial charge on any atom is -0.497 e. The molecule has 1 saturated heterocycles. The Morgan fingerprint density at radius 3 is 2.32 bits per heavy atom. The van der Waals surface area contributed by atoms with Crippen LogP contribution in [0.5, 0.6) is 5.75 Å². The van der Waals surface area contributed by atoms with E-state index in [4.69, 9.17) is 9.47 Å². The van der Waals surface area contributed by atoms with Gasteiger partial charge in [-0.2, -0.15) is 0 Å². The first-order valence-electron chi connectivity index (χ1n) is 8.30. The highest BCUT2D eigenvalue weighted by Crippen LogP contribution is 2.16. The molecular formula is C19H22N2O4. The molecule has 0 N–H and O–H groups in total. The normalized spacial score (nSPS) is 20.4. The van der Waals surface area contributed by atoms with Crippen molar-refractivity contribution in [1.82, 2.24) is 9.47 Å². The molecule has 1 fully saturated rings. The van der Waals surface area contributed by atoms with E-state index in [2.05, 4.69) is 0 Å². The highest BCUT2D eigenvalue weighted by atomic mass is 16.5. The number of hydrogen-bond acceptors (Lipinski definition) is 4. The van der Waals surface area contributed by atoms with Gasteiger partial charge in [0.15, 0.2) is 0 Å². The molecule has 0 saturated carbocycles. The first-order valence-corrected chi connectivity index (χ1v) is 8.30. The predicted octanol–water partition coefficient (Wildman–Crippen LogP) is 2.10. The van der Waals surface area contributed by atoms with Crippen LogP contribution in [-0.2, 0) is 4.74 Å². The van der Waals surface area contributed by atoms with Crippen molar-refractivity contribution in [2.24, 2.45) is 0 Å². The molecule has 25 heavy (non-hydrogen) atoms. The van der Waals surface area contributed by atoms with Crippen LogP contribution in [0.2, 0.25) is 0 Å². The number of rotatable bonds is 3. The van der Waals surface area contributed by atoms with E-state index in [0.29, 0.717) is 30.1 Å². The molecule has 0 radical (unpaired) electrons. The lowest BCUT2D eigenvalue weighted by atomic mass is 10.1. The molecule has 1 amide bonds. The molecule has 6 heteroatoms. The fraction of sp³-hybridized carbons (Fsp3) is 0.368. The summed E-state index contributed by atoms with van der Waals surface area (Å²) in [4.78, 5) is 26.8. The second kappa shape index (κ2) is 7.11. The number of carbonyl (C=O) groups is 1. The van der Waals surface area contributed by atoms with Gasteiger partial charge in [0, 0.05) is 31.0 Å². The second-order valence-electron chi connectivity index (χ2n) is 6.29. The third kappa shape index (κ3) is 3.74. The van der Waals surface area contributed by atoms with E-state index < -0.39 is 0 Å². The smallest absolute Gasteiger partial charge is 0.255 e. The maximum atomic E-state index is 12.8. The van der Waals surface area contributed by atoms with E-state index in [9.17, 15) is 9.59 Å². The van der Waals surface area contributed by atoms with Gasteiger partial charge >= 0.3 is 0 Å². The Balaban J connectivity index is 1.90. The summed E-state index contributed by atoms with van der Waals surface area (Å²) < 4.78 is 12.3. The largest absolute Gasteiger partial charge is 0.497 e. The molecule has 132 valence electrons. The van der Waals surface area contributed by atoms with Crippen LogP contribution in [0.1, 0.15) is 24.2 Å². The number of methoxy groups -OCH3 is 1. The van der Waals surface area contributed by atoms with Crippen molar-refractivity contribution in [2.45, 2.75) is 26.1 Å². The third-order valence-corrected chi connectivity index (χ3v) is 4.22. The SMILES string of the molecule is COc1ccc(-n2cc(C(=O)N3C[C@H](C)O[C@@H](C)C3)ccc2=O)cc1. The van der Waals surface area contributed by atoms with Crippen molar-refractivity contribution >= 4 is 5.91 Å². The Morgan fingerprint density at radius 1 is 1.08 bits per heavy atom. The van der Waals surface area contributed by atoms with E-state index in [1.54, 1.807) is 48.5 Å². The molecule has 3 rings (SSSR count). The number of benzene rings is 1. The number of nitrogens with zero attached hydrogens (tertiary/aromatic N) is 2. The van der Waals surface area contributed by atoms with Gasteiger partial charge in [-0.1, -0.05) is 0 Å². The van der Waals surface area contributed by atoms with Crippen molar-refractivity contribution in [3.63, 3.8) is 0 Å². The highest BCUT2D eigenvalue weighted by Gasteiger charge is 2.26. The van der Waals surface area contributed by atoms with Crippen LogP contribution >= 0.6 is 0 Å². The van der Waals surface area contributed by atoms with Gasteiger partial charge < -0.3 is 14.4 Å². The van der Waals surface area contributed by atoms with Gasteiger partial charge in [0.2, 0.25) is 0 Å². The van der Waals surface area contributed by atoms with Crippen LogP contribution in [-0.4, -0.2) is 47.8 Å². The zero-order chi connectivity index (χ0) is 18.0. The van der Waals surface area contributed by atoms with Crippen LogP contribution in [0.4, 0.5) is 0 Å². The van der Waals surface area contributed by atoms with Crippen molar-refractivity contribution in [2.75, 3.05) is 20.2 Å². The molecule has 2 aromatic rings. The number of ether oxygens (including phenoxy) is 2. The van der Waals surface area contributed by atoms with Crippen LogP contribution in [0.25, 0.3) is 5.69 Å². The van der Waals surface area contributed by atoms with E-state index in [1.807, 2.05) is 13.8 Å². The summed E-state index contributed by atoms with van der Waals surface area (Å²) in [6, 6.07) is 10.1. The molecule has 0 bridgehead atoms. The summed E-state index contributed by atoms with van der Waals surface area (Å²) in [7, 11) is 1.59. The first kappa shape index (κ1) is 17.2.